The molecule has 0 atom stereocenters. The number of nitrogen functional groups attached to an aromatic ring is 2. The van der Waals surface area contributed by atoms with Crippen LogP contribution in [0, 0.1) is 6.92 Å². The van der Waals surface area contributed by atoms with Gasteiger partial charge in [0, 0.05) is 27.2 Å². The molecule has 0 aliphatic rings. The first-order valence-corrected chi connectivity index (χ1v) is 21.5. The molecule has 0 radical (unpaired) electrons. The van der Waals surface area contributed by atoms with E-state index >= 15 is 0 Å². The molecule has 8 aromatic rings. The number of aromatic nitrogens is 2. The number of aliphatic carboxylic acids is 1. The van der Waals surface area contributed by atoms with Crippen LogP contribution in [0.25, 0.3) is 16.6 Å². The SMILES string of the molecule is CC(=O)O.Cc1nc2cccc(Br)c2c(=O)n1-c1ccccc1.Nc1cccc(Br)c1C(=O)O.Nc1ccccc1.c1ccc(OP(Oc2ccccc2)Oc2ccccc2)cc1. The Morgan fingerprint density at radius 1 is 0.587 bits per heavy atom. The van der Waals surface area contributed by atoms with Crippen LogP contribution in [-0.4, -0.2) is 31.7 Å². The Balaban J connectivity index is 0.000000191. The van der Waals surface area contributed by atoms with Gasteiger partial charge in [-0.15, -0.1) is 0 Å². The third kappa shape index (κ3) is 16.4. The zero-order chi connectivity index (χ0) is 45.6. The number of halogens is 2. The lowest BCUT2D eigenvalue weighted by Gasteiger charge is -2.17. The summed E-state index contributed by atoms with van der Waals surface area (Å²) in [7, 11) is -1.59. The second-order valence-electron chi connectivity index (χ2n) is 12.6. The number of anilines is 2. The van der Waals surface area contributed by atoms with Crippen molar-refractivity contribution in [1.29, 1.82) is 0 Å². The van der Waals surface area contributed by atoms with Crippen molar-refractivity contribution in [3.63, 3.8) is 0 Å². The van der Waals surface area contributed by atoms with Gasteiger partial charge in [0.15, 0.2) is 0 Å². The highest BCUT2D eigenvalue weighted by molar-refractivity contribution is 9.11. The first kappa shape index (κ1) is 48.7. The molecule has 0 bridgehead atoms. The molecule has 0 fully saturated rings. The summed E-state index contributed by atoms with van der Waals surface area (Å²) in [6.45, 7) is 2.93. The summed E-state index contributed by atoms with van der Waals surface area (Å²) in [4.78, 5) is 36.7. The molecule has 0 saturated heterocycles. The Labute approximate surface area is 382 Å². The Morgan fingerprint density at radius 3 is 1.37 bits per heavy atom. The highest BCUT2D eigenvalue weighted by Crippen LogP contribution is 2.42. The van der Waals surface area contributed by atoms with Gasteiger partial charge in [-0.25, -0.2) is 9.78 Å². The number of benzene rings is 7. The second kappa shape index (κ2) is 25.7. The van der Waals surface area contributed by atoms with E-state index in [1.807, 2.05) is 177 Å². The maximum Gasteiger partial charge on any atom is 0.530 e. The summed E-state index contributed by atoms with van der Waals surface area (Å²) >= 11 is 6.51. The van der Waals surface area contributed by atoms with Gasteiger partial charge in [0.05, 0.1) is 22.2 Å². The minimum Gasteiger partial charge on any atom is -0.481 e. The molecule has 6 N–H and O–H groups in total. The van der Waals surface area contributed by atoms with E-state index in [0.717, 1.165) is 22.8 Å². The van der Waals surface area contributed by atoms with E-state index in [2.05, 4.69) is 36.8 Å². The van der Waals surface area contributed by atoms with Crippen molar-refractivity contribution in [2.75, 3.05) is 11.5 Å². The smallest absolute Gasteiger partial charge is 0.481 e. The van der Waals surface area contributed by atoms with Crippen LogP contribution in [-0.2, 0) is 4.79 Å². The Hall–Kier alpha value is -6.99. The molecule has 12 nitrogen and oxygen atoms in total. The number of para-hydroxylation sites is 5. The fourth-order valence-electron chi connectivity index (χ4n) is 5.16. The molecule has 0 unspecified atom stereocenters. The van der Waals surface area contributed by atoms with Gasteiger partial charge >= 0.3 is 14.6 Å². The lowest BCUT2D eigenvalue weighted by Crippen LogP contribution is -2.22. The van der Waals surface area contributed by atoms with Crippen molar-refractivity contribution < 1.29 is 33.4 Å². The van der Waals surface area contributed by atoms with Gasteiger partial charge < -0.3 is 35.3 Å². The van der Waals surface area contributed by atoms with Gasteiger partial charge in [-0.05, 0) is 124 Å². The number of carbonyl (C=O) groups is 2. The molecular weight excluding hydrogens is 951 g/mol. The molecule has 0 aliphatic carbocycles. The predicted octanol–water partition coefficient (Wildman–Crippen LogP) is 12.0. The fraction of sp³-hybridized carbons (Fsp3) is 0.0417. The van der Waals surface area contributed by atoms with E-state index in [4.69, 9.17) is 40.0 Å². The third-order valence-corrected chi connectivity index (χ3v) is 10.3. The minimum absolute atomic E-state index is 0.0545. The quantitative estimate of drug-likeness (QED) is 0.0837. The van der Waals surface area contributed by atoms with E-state index in [0.29, 0.717) is 38.4 Å². The lowest BCUT2D eigenvalue weighted by atomic mass is 10.2. The summed E-state index contributed by atoms with van der Waals surface area (Å²) < 4.78 is 20.4. The molecule has 1 aromatic heterocycles. The van der Waals surface area contributed by atoms with Gasteiger partial charge in [0.2, 0.25) is 0 Å². The second-order valence-corrected chi connectivity index (χ2v) is 15.3. The van der Waals surface area contributed by atoms with E-state index in [1.165, 1.54) is 0 Å². The zero-order valence-electron chi connectivity index (χ0n) is 34.0. The average Bonchev–Trinajstić information content (AvgIpc) is 3.26. The predicted molar refractivity (Wildman–Crippen MR) is 258 cm³/mol. The molecule has 7 aromatic carbocycles. The van der Waals surface area contributed by atoms with Crippen molar-refractivity contribution in [3.8, 4) is 22.9 Å². The van der Waals surface area contributed by atoms with E-state index in [9.17, 15) is 9.59 Å². The number of carboxylic acid groups (broad SMARTS) is 2. The average molecular weight is 995 g/mol. The van der Waals surface area contributed by atoms with E-state index in [-0.39, 0.29) is 16.8 Å². The Bertz CT molecular complexity index is 2580. The third-order valence-electron chi connectivity index (χ3n) is 7.86. The monoisotopic (exact) mass is 992 g/mol. The number of carboxylic acids is 2. The summed E-state index contributed by atoms with van der Waals surface area (Å²) in [6.07, 6.45) is 0. The maximum atomic E-state index is 12.7. The van der Waals surface area contributed by atoms with Crippen molar-refractivity contribution in [2.45, 2.75) is 13.8 Å². The van der Waals surface area contributed by atoms with E-state index in [1.54, 1.807) is 22.8 Å². The highest BCUT2D eigenvalue weighted by Gasteiger charge is 2.19. The molecule has 63 heavy (non-hydrogen) atoms. The first-order chi connectivity index (χ1) is 30.3. The molecule has 0 aliphatic heterocycles. The first-order valence-electron chi connectivity index (χ1n) is 18.8. The summed E-state index contributed by atoms with van der Waals surface area (Å²) in [5.41, 5.74) is 13.5. The summed E-state index contributed by atoms with van der Waals surface area (Å²) in [5, 5.41) is 16.7. The molecule has 8 rings (SSSR count). The number of nitrogens with two attached hydrogens (primary N) is 2. The zero-order valence-corrected chi connectivity index (χ0v) is 38.1. The maximum absolute atomic E-state index is 12.7. The van der Waals surface area contributed by atoms with Gasteiger partial charge in [-0.2, -0.15) is 0 Å². The van der Waals surface area contributed by atoms with Crippen LogP contribution in [0.5, 0.6) is 17.2 Å². The molecule has 0 amide bonds. The van der Waals surface area contributed by atoms with Crippen LogP contribution in [0.1, 0.15) is 23.1 Å². The largest absolute Gasteiger partial charge is 0.530 e. The fourth-order valence-corrected chi connectivity index (χ4v) is 7.23. The van der Waals surface area contributed by atoms with Crippen molar-refractivity contribution >= 4 is 74.7 Å². The Kier molecular flexibility index (Phi) is 19.9. The molecule has 1 heterocycles. The lowest BCUT2D eigenvalue weighted by molar-refractivity contribution is -0.134. The van der Waals surface area contributed by atoms with Crippen LogP contribution in [0.2, 0.25) is 0 Å². The molecule has 322 valence electrons. The van der Waals surface area contributed by atoms with Crippen LogP contribution >= 0.6 is 40.5 Å². The number of aryl methyl sites for hydroxylation is 1. The standard InChI is InChI=1S/C18H15O3P.C15H11BrN2O.C7H6BrNO2.C6H7N.C2H4O2/c1-4-10-16(11-5-1)19-22(20-17-12-6-2-7-13-17)21-18-14-8-3-9-15-18;1-10-17-13-9-5-8-12(16)14(13)15(19)18(10)11-6-3-2-4-7-11;8-4-2-1-3-5(9)6(4)7(10)11;7-6-4-2-1-3-5-6;1-2(3)4/h1-15H;2-9H,1H3;1-3H,9H2,(H,10,11);1-5H,7H2;1H3,(H,3,4). The van der Waals surface area contributed by atoms with Crippen LogP contribution in [0.4, 0.5) is 11.4 Å². The van der Waals surface area contributed by atoms with Gasteiger partial charge in [0.1, 0.15) is 23.1 Å². The van der Waals surface area contributed by atoms with Crippen molar-refractivity contribution in [2.24, 2.45) is 0 Å². The van der Waals surface area contributed by atoms with Gasteiger partial charge in [-0.1, -0.05) is 103 Å². The van der Waals surface area contributed by atoms with Gasteiger partial charge in [-0.3, -0.25) is 14.2 Å². The topological polar surface area (TPSA) is 189 Å². The number of nitrogens with zero attached hydrogens (tertiary/aromatic N) is 2. The normalized spacial score (nSPS) is 9.86. The molecule has 0 spiro atoms. The number of hydrogen-bond acceptors (Lipinski definition) is 9. The van der Waals surface area contributed by atoms with Crippen molar-refractivity contribution in [1.82, 2.24) is 9.55 Å². The van der Waals surface area contributed by atoms with E-state index < -0.39 is 20.5 Å². The number of hydrogen-bond donors (Lipinski definition) is 4. The van der Waals surface area contributed by atoms with Gasteiger partial charge in [0.25, 0.3) is 11.5 Å². The van der Waals surface area contributed by atoms with Crippen molar-refractivity contribution in [3.05, 3.63) is 219 Å². The summed E-state index contributed by atoms with van der Waals surface area (Å²) in [5.74, 6) is 0.957. The minimum atomic E-state index is -1.59. The molecule has 0 saturated carbocycles. The van der Waals surface area contributed by atoms with Crippen LogP contribution in [0.15, 0.2) is 202 Å². The number of rotatable bonds is 8. The molecule has 15 heteroatoms. The summed E-state index contributed by atoms with van der Waals surface area (Å²) in [6, 6.07) is 58.0. The van der Waals surface area contributed by atoms with Crippen LogP contribution in [0.3, 0.4) is 0 Å². The number of fused-ring (bicyclic) bond motifs is 1. The Morgan fingerprint density at radius 2 is 0.984 bits per heavy atom. The highest BCUT2D eigenvalue weighted by atomic mass is 79.9. The molecular formula is C48H43Br2N4O8P. The number of aromatic carboxylic acids is 1. The van der Waals surface area contributed by atoms with Crippen LogP contribution < -0.4 is 30.6 Å².